The monoisotopic (exact) mass is 272 g/mol. The van der Waals surface area contributed by atoms with E-state index in [9.17, 15) is 4.79 Å². The van der Waals surface area contributed by atoms with Crippen LogP contribution in [0.15, 0.2) is 28.7 Å². The van der Waals surface area contributed by atoms with Crippen molar-refractivity contribution in [1.29, 1.82) is 0 Å². The van der Waals surface area contributed by atoms with Crippen molar-refractivity contribution in [3.8, 4) is 0 Å². The number of furan rings is 1. The number of benzene rings is 1. The molecule has 1 aliphatic heterocycles. The Morgan fingerprint density at radius 2 is 2.20 bits per heavy atom. The number of nitrogens with zero attached hydrogens (tertiary/aromatic N) is 1. The van der Waals surface area contributed by atoms with Crippen molar-refractivity contribution < 1.29 is 9.21 Å². The zero-order valence-corrected chi connectivity index (χ0v) is 11.8. The molecule has 0 unspecified atom stereocenters. The van der Waals surface area contributed by atoms with Crippen LogP contribution in [0.5, 0.6) is 0 Å². The SMILES string of the molecule is Cc1ccc2oc(C(=O)CN3CCCNCC3)cc2c1. The van der Waals surface area contributed by atoms with Crippen molar-refractivity contribution in [1.82, 2.24) is 10.2 Å². The molecule has 1 aliphatic rings. The van der Waals surface area contributed by atoms with Crippen LogP contribution in [-0.2, 0) is 0 Å². The van der Waals surface area contributed by atoms with Crippen molar-refractivity contribution in [2.45, 2.75) is 13.3 Å². The van der Waals surface area contributed by atoms with Gasteiger partial charge in [0, 0.05) is 18.5 Å². The third-order valence-corrected chi connectivity index (χ3v) is 3.75. The van der Waals surface area contributed by atoms with Crippen molar-refractivity contribution in [3.05, 3.63) is 35.6 Å². The van der Waals surface area contributed by atoms with E-state index >= 15 is 0 Å². The first-order chi connectivity index (χ1) is 9.72. The molecule has 1 saturated heterocycles. The van der Waals surface area contributed by atoms with Gasteiger partial charge in [0.2, 0.25) is 5.78 Å². The van der Waals surface area contributed by atoms with E-state index in [4.69, 9.17) is 4.42 Å². The Bertz CT molecular complexity index is 610. The fourth-order valence-electron chi connectivity index (χ4n) is 2.64. The van der Waals surface area contributed by atoms with Gasteiger partial charge in [-0.05, 0) is 44.6 Å². The molecule has 0 bridgehead atoms. The van der Waals surface area contributed by atoms with Gasteiger partial charge in [-0.15, -0.1) is 0 Å². The normalized spacial score (nSPS) is 17.2. The lowest BCUT2D eigenvalue weighted by atomic mass is 10.2. The Morgan fingerprint density at radius 3 is 3.10 bits per heavy atom. The van der Waals surface area contributed by atoms with E-state index < -0.39 is 0 Å². The van der Waals surface area contributed by atoms with Crippen molar-refractivity contribution >= 4 is 16.8 Å². The van der Waals surface area contributed by atoms with Crippen LogP contribution in [0.1, 0.15) is 22.5 Å². The van der Waals surface area contributed by atoms with Gasteiger partial charge >= 0.3 is 0 Å². The van der Waals surface area contributed by atoms with Crippen LogP contribution in [0.25, 0.3) is 11.0 Å². The minimum absolute atomic E-state index is 0.0701. The first-order valence-electron chi connectivity index (χ1n) is 7.19. The van der Waals surface area contributed by atoms with Crippen LogP contribution in [0.2, 0.25) is 0 Å². The number of carbonyl (C=O) groups is 1. The van der Waals surface area contributed by atoms with Crippen LogP contribution >= 0.6 is 0 Å². The molecule has 106 valence electrons. The van der Waals surface area contributed by atoms with E-state index in [2.05, 4.69) is 10.2 Å². The zero-order valence-electron chi connectivity index (χ0n) is 11.8. The second-order valence-corrected chi connectivity index (χ2v) is 5.45. The topological polar surface area (TPSA) is 45.5 Å². The number of ketones is 1. The summed E-state index contributed by atoms with van der Waals surface area (Å²) in [6.07, 6.45) is 1.09. The molecule has 4 nitrogen and oxygen atoms in total. The minimum Gasteiger partial charge on any atom is -0.453 e. The lowest BCUT2D eigenvalue weighted by molar-refractivity contribution is 0.0910. The summed E-state index contributed by atoms with van der Waals surface area (Å²) in [5.41, 5.74) is 1.97. The average Bonchev–Trinajstić information content (AvgIpc) is 2.68. The molecule has 1 aromatic heterocycles. The predicted octanol–water partition coefficient (Wildman–Crippen LogP) is 2.22. The predicted molar refractivity (Wildman–Crippen MR) is 79.2 cm³/mol. The van der Waals surface area contributed by atoms with Gasteiger partial charge in [0.1, 0.15) is 5.58 Å². The number of hydrogen-bond donors (Lipinski definition) is 1. The van der Waals surface area contributed by atoms with Crippen molar-refractivity contribution in [3.63, 3.8) is 0 Å². The number of nitrogens with one attached hydrogen (secondary N) is 1. The molecule has 0 saturated carbocycles. The molecule has 0 atom stereocenters. The molecular weight excluding hydrogens is 252 g/mol. The van der Waals surface area contributed by atoms with E-state index in [0.29, 0.717) is 12.3 Å². The highest BCUT2D eigenvalue weighted by Crippen LogP contribution is 2.21. The molecule has 1 N–H and O–H groups in total. The molecule has 0 radical (unpaired) electrons. The largest absolute Gasteiger partial charge is 0.453 e. The molecule has 0 aliphatic carbocycles. The standard InChI is InChI=1S/C16H20N2O2/c1-12-3-4-15-13(9-12)10-16(20-15)14(19)11-18-7-2-5-17-6-8-18/h3-4,9-10,17H,2,5-8,11H2,1H3. The van der Waals surface area contributed by atoms with E-state index in [1.807, 2.05) is 31.2 Å². The Hall–Kier alpha value is -1.65. The summed E-state index contributed by atoms with van der Waals surface area (Å²) in [4.78, 5) is 14.5. The maximum Gasteiger partial charge on any atom is 0.211 e. The van der Waals surface area contributed by atoms with E-state index in [1.54, 1.807) is 0 Å². The molecule has 2 heterocycles. The van der Waals surface area contributed by atoms with Gasteiger partial charge in [0.25, 0.3) is 0 Å². The van der Waals surface area contributed by atoms with Gasteiger partial charge in [0.05, 0.1) is 6.54 Å². The maximum absolute atomic E-state index is 12.3. The molecular formula is C16H20N2O2. The molecule has 0 amide bonds. The molecule has 0 spiro atoms. The first-order valence-corrected chi connectivity index (χ1v) is 7.19. The Morgan fingerprint density at radius 1 is 1.30 bits per heavy atom. The molecule has 4 heteroatoms. The average molecular weight is 272 g/mol. The molecule has 2 aromatic rings. The Balaban J connectivity index is 1.74. The van der Waals surface area contributed by atoms with Crippen LogP contribution in [0.3, 0.4) is 0 Å². The van der Waals surface area contributed by atoms with Crippen LogP contribution in [0, 0.1) is 6.92 Å². The number of aryl methyl sites for hydroxylation is 1. The van der Waals surface area contributed by atoms with Gasteiger partial charge in [-0.2, -0.15) is 0 Å². The van der Waals surface area contributed by atoms with Crippen LogP contribution in [-0.4, -0.2) is 43.4 Å². The number of hydrogen-bond acceptors (Lipinski definition) is 4. The smallest absolute Gasteiger partial charge is 0.211 e. The molecule has 20 heavy (non-hydrogen) atoms. The van der Waals surface area contributed by atoms with E-state index in [-0.39, 0.29) is 5.78 Å². The minimum atomic E-state index is 0.0701. The summed E-state index contributed by atoms with van der Waals surface area (Å²) in [5, 5.41) is 4.35. The summed E-state index contributed by atoms with van der Waals surface area (Å²) in [5.74, 6) is 0.545. The number of fused-ring (bicyclic) bond motifs is 1. The Kier molecular flexibility index (Phi) is 3.85. The van der Waals surface area contributed by atoms with Gasteiger partial charge in [-0.1, -0.05) is 11.6 Å². The summed E-state index contributed by atoms with van der Waals surface area (Å²) in [6, 6.07) is 7.84. The van der Waals surface area contributed by atoms with Crippen LogP contribution in [0.4, 0.5) is 0 Å². The highest BCUT2D eigenvalue weighted by atomic mass is 16.3. The van der Waals surface area contributed by atoms with Gasteiger partial charge < -0.3 is 9.73 Å². The summed E-state index contributed by atoms with van der Waals surface area (Å²) >= 11 is 0. The third kappa shape index (κ3) is 2.92. The second kappa shape index (κ2) is 5.77. The fraction of sp³-hybridized carbons (Fsp3) is 0.438. The third-order valence-electron chi connectivity index (χ3n) is 3.75. The second-order valence-electron chi connectivity index (χ2n) is 5.45. The number of rotatable bonds is 3. The highest BCUT2D eigenvalue weighted by Gasteiger charge is 2.17. The van der Waals surface area contributed by atoms with E-state index in [0.717, 1.165) is 43.6 Å². The summed E-state index contributed by atoms with van der Waals surface area (Å²) in [6.45, 7) is 6.36. The number of Topliss-reactive ketones (excluding diaryl/α,β-unsaturated/α-hetero) is 1. The van der Waals surface area contributed by atoms with Gasteiger partial charge in [-0.25, -0.2) is 0 Å². The summed E-state index contributed by atoms with van der Waals surface area (Å²) < 4.78 is 5.67. The molecule has 1 fully saturated rings. The first kappa shape index (κ1) is 13.3. The van der Waals surface area contributed by atoms with Gasteiger partial charge in [0.15, 0.2) is 5.76 Å². The fourth-order valence-corrected chi connectivity index (χ4v) is 2.64. The van der Waals surface area contributed by atoms with Crippen molar-refractivity contribution in [2.24, 2.45) is 0 Å². The lowest BCUT2D eigenvalue weighted by Crippen LogP contribution is -2.32. The molecule has 1 aromatic carbocycles. The maximum atomic E-state index is 12.3. The Labute approximate surface area is 118 Å². The quantitative estimate of drug-likeness (QED) is 0.870. The lowest BCUT2D eigenvalue weighted by Gasteiger charge is -2.17. The van der Waals surface area contributed by atoms with Gasteiger partial charge in [-0.3, -0.25) is 9.69 Å². The summed E-state index contributed by atoms with van der Waals surface area (Å²) in [7, 11) is 0. The van der Waals surface area contributed by atoms with E-state index in [1.165, 1.54) is 5.56 Å². The zero-order chi connectivity index (χ0) is 13.9. The van der Waals surface area contributed by atoms with Crippen LogP contribution < -0.4 is 5.32 Å². The highest BCUT2D eigenvalue weighted by molar-refractivity contribution is 5.98. The van der Waals surface area contributed by atoms with Crippen molar-refractivity contribution in [2.75, 3.05) is 32.7 Å². The molecule has 3 rings (SSSR count). The number of carbonyl (C=O) groups excluding carboxylic acids is 1.